The van der Waals surface area contributed by atoms with Crippen LogP contribution >= 0.6 is 0 Å². The van der Waals surface area contributed by atoms with Crippen LogP contribution in [0.25, 0.3) is 0 Å². The van der Waals surface area contributed by atoms with Crippen LogP contribution in [0.2, 0.25) is 0 Å². The van der Waals surface area contributed by atoms with Crippen LogP contribution in [-0.2, 0) is 4.74 Å². The number of rotatable bonds is 3. The van der Waals surface area contributed by atoms with Crippen molar-refractivity contribution in [2.24, 2.45) is 0 Å². The van der Waals surface area contributed by atoms with Gasteiger partial charge in [0.25, 0.3) is 0 Å². The first-order chi connectivity index (χ1) is 9.23. The van der Waals surface area contributed by atoms with E-state index in [0.29, 0.717) is 5.54 Å². The second kappa shape index (κ2) is 5.94. The molecule has 1 aliphatic carbocycles. The molecule has 1 heterocycles. The van der Waals surface area contributed by atoms with Crippen LogP contribution in [0.1, 0.15) is 66.7 Å². The first kappa shape index (κ1) is 16.3. The Kier molecular flexibility index (Phi) is 4.83. The van der Waals surface area contributed by atoms with Gasteiger partial charge < -0.3 is 10.1 Å². The number of hydrogen-bond acceptors (Lipinski definition) is 3. The molecule has 2 fully saturated rings. The number of hydrogen-bond donors (Lipinski definition) is 1. The Morgan fingerprint density at radius 2 is 1.75 bits per heavy atom. The number of nitrogens with one attached hydrogen (secondary N) is 1. The van der Waals surface area contributed by atoms with Gasteiger partial charge in [-0.25, -0.2) is 0 Å². The Labute approximate surface area is 125 Å². The fraction of sp³-hybridized carbons (Fsp3) is 1.00. The van der Waals surface area contributed by atoms with Gasteiger partial charge in [0.05, 0.1) is 12.2 Å². The highest BCUT2D eigenvalue weighted by molar-refractivity contribution is 5.03. The Balaban J connectivity index is 1.99. The molecule has 3 nitrogen and oxygen atoms in total. The van der Waals surface area contributed by atoms with Gasteiger partial charge in [0.2, 0.25) is 0 Å². The molecule has 0 radical (unpaired) electrons. The summed E-state index contributed by atoms with van der Waals surface area (Å²) in [6.07, 6.45) is 6.89. The van der Waals surface area contributed by atoms with Gasteiger partial charge >= 0.3 is 0 Å². The predicted octanol–water partition coefficient (Wildman–Crippen LogP) is 3.19. The highest BCUT2D eigenvalue weighted by Gasteiger charge is 2.44. The topological polar surface area (TPSA) is 24.5 Å². The number of piperazine rings is 1. The molecular formula is C17H34N2O. The fourth-order valence-electron chi connectivity index (χ4n) is 3.70. The Morgan fingerprint density at radius 3 is 2.35 bits per heavy atom. The zero-order valence-corrected chi connectivity index (χ0v) is 14.2. The van der Waals surface area contributed by atoms with Crippen molar-refractivity contribution in [1.82, 2.24) is 10.2 Å². The summed E-state index contributed by atoms with van der Waals surface area (Å²) in [4.78, 5) is 2.73. The number of ether oxygens (including phenoxy) is 1. The third-order valence-corrected chi connectivity index (χ3v) is 4.83. The predicted molar refractivity (Wildman–Crippen MR) is 85.2 cm³/mol. The summed E-state index contributed by atoms with van der Waals surface area (Å²) in [6, 6.07) is 0. The fourth-order valence-corrected chi connectivity index (χ4v) is 3.70. The summed E-state index contributed by atoms with van der Waals surface area (Å²) in [7, 11) is 0. The van der Waals surface area contributed by atoms with E-state index in [1.54, 1.807) is 0 Å². The van der Waals surface area contributed by atoms with Gasteiger partial charge in [-0.1, -0.05) is 19.3 Å². The van der Waals surface area contributed by atoms with E-state index in [9.17, 15) is 0 Å². The monoisotopic (exact) mass is 282 g/mol. The summed E-state index contributed by atoms with van der Waals surface area (Å²) in [5.41, 5.74) is 0.600. The zero-order valence-electron chi connectivity index (χ0n) is 14.2. The van der Waals surface area contributed by atoms with Crippen molar-refractivity contribution in [2.45, 2.75) is 83.4 Å². The minimum atomic E-state index is -0.0245. The molecule has 1 N–H and O–H groups in total. The van der Waals surface area contributed by atoms with Crippen LogP contribution in [0.15, 0.2) is 0 Å². The second-order valence-corrected chi connectivity index (χ2v) is 8.40. The normalized spacial score (nSPS) is 26.9. The smallest absolute Gasteiger partial charge is 0.0600 e. The van der Waals surface area contributed by atoms with E-state index in [-0.39, 0.29) is 11.1 Å². The summed E-state index contributed by atoms with van der Waals surface area (Å²) in [5, 5.41) is 3.77. The van der Waals surface area contributed by atoms with Crippen LogP contribution < -0.4 is 5.32 Å². The summed E-state index contributed by atoms with van der Waals surface area (Å²) in [6.45, 7) is 15.3. The molecule has 1 aliphatic heterocycles. The van der Waals surface area contributed by atoms with Crippen molar-refractivity contribution >= 4 is 0 Å². The molecule has 1 saturated carbocycles. The Hall–Kier alpha value is -0.120. The SMILES string of the molecule is CC1(C)CN(CCOC(C)(C)C)C2(CCCCC2)CN1. The third-order valence-electron chi connectivity index (χ3n) is 4.83. The largest absolute Gasteiger partial charge is 0.375 e. The third kappa shape index (κ3) is 4.19. The van der Waals surface area contributed by atoms with Gasteiger partial charge in [-0.2, -0.15) is 0 Å². The molecular weight excluding hydrogens is 248 g/mol. The average molecular weight is 282 g/mol. The van der Waals surface area contributed by atoms with E-state index in [1.165, 1.54) is 32.1 Å². The summed E-state index contributed by atoms with van der Waals surface area (Å²) in [5.74, 6) is 0. The van der Waals surface area contributed by atoms with E-state index in [4.69, 9.17) is 4.74 Å². The van der Waals surface area contributed by atoms with E-state index in [0.717, 1.165) is 26.2 Å². The van der Waals surface area contributed by atoms with E-state index in [1.807, 2.05) is 0 Å². The maximum absolute atomic E-state index is 5.97. The van der Waals surface area contributed by atoms with Gasteiger partial charge in [-0.05, 0) is 47.5 Å². The zero-order chi connectivity index (χ0) is 14.9. The lowest BCUT2D eigenvalue weighted by Crippen LogP contribution is -2.69. The maximum Gasteiger partial charge on any atom is 0.0600 e. The van der Waals surface area contributed by atoms with Crippen LogP contribution in [0, 0.1) is 0 Å². The molecule has 118 valence electrons. The molecule has 0 aromatic rings. The molecule has 1 spiro atoms. The van der Waals surface area contributed by atoms with Crippen LogP contribution in [0.3, 0.4) is 0 Å². The molecule has 0 bridgehead atoms. The maximum atomic E-state index is 5.97. The van der Waals surface area contributed by atoms with Crippen molar-refractivity contribution in [2.75, 3.05) is 26.2 Å². The van der Waals surface area contributed by atoms with Crippen molar-refractivity contribution in [3.8, 4) is 0 Å². The molecule has 1 saturated heterocycles. The lowest BCUT2D eigenvalue weighted by atomic mass is 9.77. The Bertz CT molecular complexity index is 313. The molecule has 2 aliphatic rings. The second-order valence-electron chi connectivity index (χ2n) is 8.40. The van der Waals surface area contributed by atoms with Crippen molar-refractivity contribution in [1.29, 1.82) is 0 Å². The molecule has 20 heavy (non-hydrogen) atoms. The first-order valence-corrected chi connectivity index (χ1v) is 8.37. The molecule has 0 aromatic carbocycles. The highest BCUT2D eigenvalue weighted by atomic mass is 16.5. The summed E-state index contributed by atoms with van der Waals surface area (Å²) >= 11 is 0. The minimum absolute atomic E-state index is 0.0245. The standard InChI is InChI=1S/C17H34N2O/c1-15(2,3)20-12-11-19-14-16(4,5)18-13-17(19)9-7-6-8-10-17/h18H,6-14H2,1-5H3. The van der Waals surface area contributed by atoms with Gasteiger partial charge in [-0.15, -0.1) is 0 Å². The van der Waals surface area contributed by atoms with Crippen molar-refractivity contribution in [3.05, 3.63) is 0 Å². The van der Waals surface area contributed by atoms with E-state index in [2.05, 4.69) is 44.8 Å². The van der Waals surface area contributed by atoms with Crippen LogP contribution in [-0.4, -0.2) is 47.8 Å². The van der Waals surface area contributed by atoms with Crippen molar-refractivity contribution in [3.63, 3.8) is 0 Å². The first-order valence-electron chi connectivity index (χ1n) is 8.37. The molecule has 3 heteroatoms. The van der Waals surface area contributed by atoms with Gasteiger partial charge in [0, 0.05) is 30.7 Å². The molecule has 0 amide bonds. The Morgan fingerprint density at radius 1 is 1.10 bits per heavy atom. The van der Waals surface area contributed by atoms with Crippen LogP contribution in [0.5, 0.6) is 0 Å². The average Bonchev–Trinajstić information content (AvgIpc) is 2.34. The minimum Gasteiger partial charge on any atom is -0.375 e. The molecule has 0 unspecified atom stereocenters. The molecule has 2 rings (SSSR count). The van der Waals surface area contributed by atoms with Gasteiger partial charge in [-0.3, -0.25) is 4.90 Å². The lowest BCUT2D eigenvalue weighted by Gasteiger charge is -2.54. The number of nitrogens with zero attached hydrogens (tertiary/aromatic N) is 1. The van der Waals surface area contributed by atoms with Crippen molar-refractivity contribution < 1.29 is 4.74 Å². The van der Waals surface area contributed by atoms with Gasteiger partial charge in [0.1, 0.15) is 0 Å². The molecule has 0 aromatic heterocycles. The van der Waals surface area contributed by atoms with E-state index >= 15 is 0 Å². The quantitative estimate of drug-likeness (QED) is 0.860. The summed E-state index contributed by atoms with van der Waals surface area (Å²) < 4.78 is 5.97. The molecule has 0 atom stereocenters. The highest BCUT2D eigenvalue weighted by Crippen LogP contribution is 2.36. The lowest BCUT2D eigenvalue weighted by molar-refractivity contribution is -0.0568. The van der Waals surface area contributed by atoms with Crippen LogP contribution in [0.4, 0.5) is 0 Å². The van der Waals surface area contributed by atoms with E-state index < -0.39 is 0 Å². The van der Waals surface area contributed by atoms with Gasteiger partial charge in [0.15, 0.2) is 0 Å².